The van der Waals surface area contributed by atoms with Gasteiger partial charge >= 0.3 is 0 Å². The number of nitrogens with zero attached hydrogens (tertiary/aromatic N) is 2. The van der Waals surface area contributed by atoms with E-state index in [-0.39, 0.29) is 11.9 Å². The van der Waals surface area contributed by atoms with E-state index in [0.717, 1.165) is 35.7 Å². The number of rotatable bonds is 6. The van der Waals surface area contributed by atoms with Gasteiger partial charge in [-0.3, -0.25) is 9.69 Å². The molecule has 5 nitrogen and oxygen atoms in total. The maximum absolute atomic E-state index is 12.9. The first-order valence-electron chi connectivity index (χ1n) is 9.45. The number of amides is 1. The molecule has 3 rings (SSSR count). The Morgan fingerprint density at radius 3 is 2.56 bits per heavy atom. The molecule has 27 heavy (non-hydrogen) atoms. The van der Waals surface area contributed by atoms with E-state index >= 15 is 0 Å². The molecule has 0 aromatic heterocycles. The van der Waals surface area contributed by atoms with Crippen LogP contribution in [0.15, 0.2) is 48.5 Å². The molecule has 0 N–H and O–H groups in total. The van der Waals surface area contributed by atoms with Crippen molar-refractivity contribution in [2.75, 3.05) is 40.4 Å². The second-order valence-corrected chi connectivity index (χ2v) is 6.83. The third-order valence-corrected chi connectivity index (χ3v) is 5.09. The van der Waals surface area contributed by atoms with E-state index in [1.807, 2.05) is 54.3 Å². The largest absolute Gasteiger partial charge is 0.496 e. The van der Waals surface area contributed by atoms with Crippen molar-refractivity contribution in [1.82, 2.24) is 9.80 Å². The Kier molecular flexibility index (Phi) is 6.35. The van der Waals surface area contributed by atoms with Crippen LogP contribution in [-0.2, 0) is 11.2 Å². The number of para-hydroxylation sites is 1. The van der Waals surface area contributed by atoms with Gasteiger partial charge in [-0.05, 0) is 37.7 Å². The molecule has 5 heteroatoms. The quantitative estimate of drug-likeness (QED) is 0.786. The molecule has 0 spiro atoms. The number of hydrogen-bond donors (Lipinski definition) is 0. The number of methoxy groups -OCH3 is 1. The van der Waals surface area contributed by atoms with Crippen LogP contribution in [0.4, 0.5) is 0 Å². The van der Waals surface area contributed by atoms with Gasteiger partial charge in [0, 0.05) is 25.2 Å². The van der Waals surface area contributed by atoms with E-state index in [0.29, 0.717) is 19.6 Å². The van der Waals surface area contributed by atoms with Crippen LogP contribution >= 0.6 is 0 Å². The molecule has 1 unspecified atom stereocenters. The predicted octanol–water partition coefficient (Wildman–Crippen LogP) is 3.15. The van der Waals surface area contributed by atoms with E-state index in [2.05, 4.69) is 18.0 Å². The average molecular weight is 368 g/mol. The van der Waals surface area contributed by atoms with Crippen molar-refractivity contribution in [3.05, 3.63) is 59.7 Å². The van der Waals surface area contributed by atoms with Gasteiger partial charge in [0.05, 0.1) is 26.2 Å². The summed E-state index contributed by atoms with van der Waals surface area (Å²) in [6, 6.07) is 16.0. The molecule has 0 radical (unpaired) electrons. The van der Waals surface area contributed by atoms with E-state index in [9.17, 15) is 4.79 Å². The molecule has 1 saturated heterocycles. The highest BCUT2D eigenvalue weighted by atomic mass is 16.5. The lowest BCUT2D eigenvalue weighted by molar-refractivity contribution is -0.133. The summed E-state index contributed by atoms with van der Waals surface area (Å²) >= 11 is 0. The fraction of sp³-hybridized carbons (Fsp3) is 0.409. The predicted molar refractivity (Wildman–Crippen MR) is 106 cm³/mol. The Morgan fingerprint density at radius 1 is 1.11 bits per heavy atom. The Balaban J connectivity index is 1.68. The van der Waals surface area contributed by atoms with Crippen LogP contribution in [0.5, 0.6) is 11.5 Å². The summed E-state index contributed by atoms with van der Waals surface area (Å²) in [6.45, 7) is 4.87. The smallest absolute Gasteiger partial charge is 0.227 e. The third-order valence-electron chi connectivity index (χ3n) is 5.09. The summed E-state index contributed by atoms with van der Waals surface area (Å²) < 4.78 is 11.0. The molecule has 1 amide bonds. The summed E-state index contributed by atoms with van der Waals surface area (Å²) in [4.78, 5) is 17.1. The average Bonchev–Trinajstić information content (AvgIpc) is 2.70. The van der Waals surface area contributed by atoms with Gasteiger partial charge in [0.1, 0.15) is 11.5 Å². The highest BCUT2D eigenvalue weighted by molar-refractivity contribution is 5.79. The first kappa shape index (κ1) is 19.2. The normalized spacial score (nSPS) is 17.6. The zero-order valence-corrected chi connectivity index (χ0v) is 16.4. The summed E-state index contributed by atoms with van der Waals surface area (Å²) in [7, 11) is 3.79. The highest BCUT2D eigenvalue weighted by Gasteiger charge is 2.30. The lowest BCUT2D eigenvalue weighted by Gasteiger charge is -2.40. The first-order valence-corrected chi connectivity index (χ1v) is 9.45. The van der Waals surface area contributed by atoms with Gasteiger partial charge in [-0.15, -0.1) is 0 Å². The molecule has 1 aliphatic rings. The second-order valence-electron chi connectivity index (χ2n) is 6.83. The molecule has 0 saturated carbocycles. The Morgan fingerprint density at radius 2 is 1.85 bits per heavy atom. The van der Waals surface area contributed by atoms with Crippen molar-refractivity contribution in [3.63, 3.8) is 0 Å². The van der Waals surface area contributed by atoms with Crippen molar-refractivity contribution in [1.29, 1.82) is 0 Å². The number of piperazine rings is 1. The van der Waals surface area contributed by atoms with Crippen molar-refractivity contribution in [3.8, 4) is 11.5 Å². The minimum absolute atomic E-state index is 0.138. The van der Waals surface area contributed by atoms with Gasteiger partial charge < -0.3 is 14.4 Å². The molecule has 1 heterocycles. The number of benzene rings is 2. The first-order chi connectivity index (χ1) is 13.1. The fourth-order valence-corrected chi connectivity index (χ4v) is 3.53. The number of likely N-dealkylation sites (N-methyl/N-ethyl adjacent to an activating group) is 1. The minimum atomic E-state index is 0.138. The Labute approximate surface area is 161 Å². The fourth-order valence-electron chi connectivity index (χ4n) is 3.53. The molecular weight excluding hydrogens is 340 g/mol. The number of hydrogen-bond acceptors (Lipinski definition) is 4. The van der Waals surface area contributed by atoms with Crippen molar-refractivity contribution < 1.29 is 14.3 Å². The standard InChI is InChI=1S/C22H28N2O3/c1-4-27-18-11-9-17(10-12-18)15-22(25)24-14-13-23(2)20(16-24)19-7-5-6-8-21(19)26-3/h5-12,20H,4,13-16H2,1-3H3. The summed E-state index contributed by atoms with van der Waals surface area (Å²) in [5, 5.41) is 0. The number of carbonyl (C=O) groups is 1. The van der Waals surface area contributed by atoms with Crippen LogP contribution in [-0.4, -0.2) is 56.1 Å². The highest BCUT2D eigenvalue weighted by Crippen LogP contribution is 2.31. The SMILES string of the molecule is CCOc1ccc(CC(=O)N2CCN(C)C(c3ccccc3OC)C2)cc1. The maximum Gasteiger partial charge on any atom is 0.227 e. The van der Waals surface area contributed by atoms with E-state index < -0.39 is 0 Å². The lowest BCUT2D eigenvalue weighted by Crippen LogP contribution is -2.49. The molecule has 2 aromatic rings. The zero-order valence-electron chi connectivity index (χ0n) is 16.4. The molecule has 0 bridgehead atoms. The molecule has 2 aromatic carbocycles. The zero-order chi connectivity index (χ0) is 19.2. The van der Waals surface area contributed by atoms with Gasteiger partial charge in [0.25, 0.3) is 0 Å². The third kappa shape index (κ3) is 4.61. The van der Waals surface area contributed by atoms with Crippen LogP contribution in [0, 0.1) is 0 Å². The van der Waals surface area contributed by atoms with Gasteiger partial charge in [0.2, 0.25) is 5.91 Å². The van der Waals surface area contributed by atoms with E-state index in [1.54, 1.807) is 7.11 Å². The van der Waals surface area contributed by atoms with E-state index in [1.165, 1.54) is 0 Å². The van der Waals surface area contributed by atoms with Crippen LogP contribution in [0.25, 0.3) is 0 Å². The minimum Gasteiger partial charge on any atom is -0.496 e. The monoisotopic (exact) mass is 368 g/mol. The number of carbonyl (C=O) groups excluding carboxylic acids is 1. The summed E-state index contributed by atoms with van der Waals surface area (Å²) in [5.41, 5.74) is 2.14. The van der Waals surface area contributed by atoms with Crippen LogP contribution in [0.3, 0.4) is 0 Å². The van der Waals surface area contributed by atoms with Gasteiger partial charge in [-0.2, -0.15) is 0 Å². The van der Waals surface area contributed by atoms with E-state index in [4.69, 9.17) is 9.47 Å². The molecular formula is C22H28N2O3. The van der Waals surface area contributed by atoms with Gasteiger partial charge in [-0.1, -0.05) is 30.3 Å². The topological polar surface area (TPSA) is 42.0 Å². The van der Waals surface area contributed by atoms with Crippen LogP contribution < -0.4 is 9.47 Å². The van der Waals surface area contributed by atoms with Crippen molar-refractivity contribution in [2.24, 2.45) is 0 Å². The van der Waals surface area contributed by atoms with Gasteiger partial charge in [-0.25, -0.2) is 0 Å². The summed E-state index contributed by atoms with van der Waals surface area (Å²) in [6.07, 6.45) is 0.411. The maximum atomic E-state index is 12.9. The van der Waals surface area contributed by atoms with Crippen LogP contribution in [0.2, 0.25) is 0 Å². The lowest BCUT2D eigenvalue weighted by atomic mass is 10.0. The molecule has 0 aliphatic carbocycles. The second kappa shape index (κ2) is 8.91. The molecule has 1 atom stereocenters. The molecule has 1 aliphatic heterocycles. The van der Waals surface area contributed by atoms with Crippen LogP contribution in [0.1, 0.15) is 24.1 Å². The van der Waals surface area contributed by atoms with Gasteiger partial charge in [0.15, 0.2) is 0 Å². The summed E-state index contributed by atoms with van der Waals surface area (Å²) in [5.74, 6) is 1.87. The molecule has 1 fully saturated rings. The molecule has 144 valence electrons. The van der Waals surface area contributed by atoms with Crippen molar-refractivity contribution in [2.45, 2.75) is 19.4 Å². The number of ether oxygens (including phenoxy) is 2. The van der Waals surface area contributed by atoms with Crippen molar-refractivity contribution >= 4 is 5.91 Å². The Bertz CT molecular complexity index is 760. The Hall–Kier alpha value is -2.53.